The fourth-order valence-corrected chi connectivity index (χ4v) is 2.01. The van der Waals surface area contributed by atoms with E-state index in [0.29, 0.717) is 22.9 Å². The van der Waals surface area contributed by atoms with Crippen LogP contribution in [0.15, 0.2) is 18.2 Å². The van der Waals surface area contributed by atoms with Gasteiger partial charge in [-0.2, -0.15) is 0 Å². The number of imidazole rings is 1. The molecule has 0 aliphatic carbocycles. The first kappa shape index (κ1) is 12.7. The third kappa shape index (κ3) is 2.01. The fourth-order valence-electron chi connectivity index (χ4n) is 1.75. The maximum absolute atomic E-state index is 13.0. The molecule has 2 rings (SSSR count). The lowest BCUT2D eigenvalue weighted by atomic mass is 10.1. The van der Waals surface area contributed by atoms with Crippen LogP contribution >= 0.6 is 11.6 Å². The Morgan fingerprint density at radius 2 is 2.06 bits per heavy atom. The van der Waals surface area contributed by atoms with E-state index in [9.17, 15) is 4.39 Å². The van der Waals surface area contributed by atoms with Gasteiger partial charge in [-0.15, -0.1) is 0 Å². The van der Waals surface area contributed by atoms with Crippen molar-refractivity contribution < 1.29 is 4.39 Å². The van der Waals surface area contributed by atoms with Gasteiger partial charge in [-0.3, -0.25) is 0 Å². The molecule has 0 aliphatic rings. The van der Waals surface area contributed by atoms with E-state index in [0.717, 1.165) is 0 Å². The number of halogens is 2. The van der Waals surface area contributed by atoms with Crippen LogP contribution in [-0.4, -0.2) is 9.66 Å². The van der Waals surface area contributed by atoms with Crippen molar-refractivity contribution in [1.82, 2.24) is 9.66 Å². The third-order valence-corrected chi connectivity index (χ3v) is 2.99. The highest BCUT2D eigenvalue weighted by molar-refractivity contribution is 6.33. The number of nitrogens with two attached hydrogens (primary N) is 2. The highest BCUT2D eigenvalue weighted by Crippen LogP contribution is 2.32. The first-order valence-electron chi connectivity index (χ1n) is 5.50. The SMILES string of the molecule is CC(C)c1nc(-c2ccc(F)cc2Cl)c(N)n1N. The molecule has 0 amide bonds. The maximum atomic E-state index is 13.0. The molecule has 4 N–H and O–H groups in total. The number of nitrogens with zero attached hydrogens (tertiary/aromatic N) is 2. The van der Waals surface area contributed by atoms with E-state index in [1.54, 1.807) is 6.07 Å². The Morgan fingerprint density at radius 1 is 1.39 bits per heavy atom. The molecular weight excluding hydrogens is 255 g/mol. The summed E-state index contributed by atoms with van der Waals surface area (Å²) in [7, 11) is 0. The number of benzene rings is 1. The van der Waals surface area contributed by atoms with Gasteiger partial charge in [0.25, 0.3) is 0 Å². The molecule has 0 radical (unpaired) electrons. The van der Waals surface area contributed by atoms with Crippen molar-refractivity contribution >= 4 is 17.4 Å². The van der Waals surface area contributed by atoms with Crippen LogP contribution in [0.2, 0.25) is 5.02 Å². The van der Waals surface area contributed by atoms with Crippen LogP contribution in [0, 0.1) is 5.82 Å². The largest absolute Gasteiger partial charge is 0.382 e. The highest BCUT2D eigenvalue weighted by Gasteiger charge is 2.18. The molecule has 0 aliphatic heterocycles. The van der Waals surface area contributed by atoms with Crippen LogP contribution in [0.25, 0.3) is 11.3 Å². The minimum Gasteiger partial charge on any atom is -0.382 e. The van der Waals surface area contributed by atoms with Gasteiger partial charge in [0.05, 0.1) is 5.02 Å². The maximum Gasteiger partial charge on any atom is 0.150 e. The monoisotopic (exact) mass is 268 g/mol. The van der Waals surface area contributed by atoms with E-state index >= 15 is 0 Å². The molecular formula is C12H14ClFN4. The molecule has 0 fully saturated rings. The first-order valence-corrected chi connectivity index (χ1v) is 5.88. The average molecular weight is 269 g/mol. The van der Waals surface area contributed by atoms with Crippen LogP contribution in [0.1, 0.15) is 25.6 Å². The molecule has 0 atom stereocenters. The Bertz CT molecular complexity index is 592. The summed E-state index contributed by atoms with van der Waals surface area (Å²) in [5, 5.41) is 0.259. The van der Waals surface area contributed by atoms with Gasteiger partial charge in [0, 0.05) is 11.5 Å². The Balaban J connectivity index is 2.61. The molecule has 18 heavy (non-hydrogen) atoms. The minimum absolute atomic E-state index is 0.130. The van der Waals surface area contributed by atoms with Crippen molar-refractivity contribution in [3.05, 3.63) is 34.9 Å². The smallest absolute Gasteiger partial charge is 0.150 e. The van der Waals surface area contributed by atoms with Crippen LogP contribution in [0.5, 0.6) is 0 Å². The van der Waals surface area contributed by atoms with Gasteiger partial charge in [0.15, 0.2) is 5.82 Å². The van der Waals surface area contributed by atoms with Gasteiger partial charge in [-0.25, -0.2) is 14.1 Å². The molecule has 1 aromatic carbocycles. The van der Waals surface area contributed by atoms with Crippen molar-refractivity contribution in [2.24, 2.45) is 0 Å². The van der Waals surface area contributed by atoms with Gasteiger partial charge in [0.2, 0.25) is 0 Å². The average Bonchev–Trinajstić information content (AvgIpc) is 2.57. The molecule has 0 saturated carbocycles. The van der Waals surface area contributed by atoms with E-state index < -0.39 is 5.82 Å². The summed E-state index contributed by atoms with van der Waals surface area (Å²) >= 11 is 5.99. The summed E-state index contributed by atoms with van der Waals surface area (Å²) in [5.41, 5.74) is 6.95. The zero-order valence-corrected chi connectivity index (χ0v) is 10.9. The van der Waals surface area contributed by atoms with Gasteiger partial charge in [-0.05, 0) is 18.2 Å². The summed E-state index contributed by atoms with van der Waals surface area (Å²) in [6.45, 7) is 3.92. The number of nitrogen functional groups attached to an aromatic ring is 2. The zero-order chi connectivity index (χ0) is 13.4. The molecule has 0 saturated heterocycles. The van der Waals surface area contributed by atoms with E-state index in [1.165, 1.54) is 16.8 Å². The van der Waals surface area contributed by atoms with Crippen LogP contribution < -0.4 is 11.6 Å². The fraction of sp³-hybridized carbons (Fsp3) is 0.250. The molecule has 2 aromatic rings. The zero-order valence-electron chi connectivity index (χ0n) is 10.1. The van der Waals surface area contributed by atoms with Crippen molar-refractivity contribution in [3.63, 3.8) is 0 Å². The van der Waals surface area contributed by atoms with Gasteiger partial charge < -0.3 is 11.6 Å². The molecule has 0 bridgehead atoms. The Kier molecular flexibility index (Phi) is 3.17. The lowest BCUT2D eigenvalue weighted by Gasteiger charge is -2.04. The van der Waals surface area contributed by atoms with E-state index in [4.69, 9.17) is 23.2 Å². The van der Waals surface area contributed by atoms with Gasteiger partial charge in [-0.1, -0.05) is 25.4 Å². The quantitative estimate of drug-likeness (QED) is 0.823. The topological polar surface area (TPSA) is 69.9 Å². The second-order valence-corrected chi connectivity index (χ2v) is 4.76. The number of hydrogen-bond acceptors (Lipinski definition) is 3. The molecule has 6 heteroatoms. The van der Waals surface area contributed by atoms with Crippen LogP contribution in [0.3, 0.4) is 0 Å². The molecule has 0 unspecified atom stereocenters. The second kappa shape index (κ2) is 4.49. The number of anilines is 1. The highest BCUT2D eigenvalue weighted by atomic mass is 35.5. The second-order valence-electron chi connectivity index (χ2n) is 4.35. The lowest BCUT2D eigenvalue weighted by Crippen LogP contribution is -2.16. The summed E-state index contributed by atoms with van der Waals surface area (Å²) in [5.74, 6) is 6.53. The lowest BCUT2D eigenvalue weighted by molar-refractivity contribution is 0.628. The molecule has 0 spiro atoms. The van der Waals surface area contributed by atoms with Crippen molar-refractivity contribution in [2.75, 3.05) is 11.6 Å². The molecule has 4 nitrogen and oxygen atoms in total. The molecule has 96 valence electrons. The van der Waals surface area contributed by atoms with Gasteiger partial charge >= 0.3 is 0 Å². The van der Waals surface area contributed by atoms with E-state index in [2.05, 4.69) is 4.98 Å². The normalized spacial score (nSPS) is 11.2. The Labute approximate surface area is 109 Å². The summed E-state index contributed by atoms with van der Waals surface area (Å²) in [6.07, 6.45) is 0. The van der Waals surface area contributed by atoms with E-state index in [1.807, 2.05) is 13.8 Å². The molecule has 1 heterocycles. The van der Waals surface area contributed by atoms with Gasteiger partial charge in [0.1, 0.15) is 17.3 Å². The van der Waals surface area contributed by atoms with Crippen molar-refractivity contribution in [3.8, 4) is 11.3 Å². The number of aromatic nitrogens is 2. The predicted octanol–water partition coefficient (Wildman–Crippen LogP) is 2.76. The number of rotatable bonds is 2. The van der Waals surface area contributed by atoms with Crippen molar-refractivity contribution in [1.29, 1.82) is 0 Å². The minimum atomic E-state index is -0.404. The molecule has 1 aromatic heterocycles. The van der Waals surface area contributed by atoms with Crippen molar-refractivity contribution in [2.45, 2.75) is 19.8 Å². The first-order chi connectivity index (χ1) is 8.41. The standard InChI is InChI=1S/C12H14ClFN4/c1-6(2)12-17-10(11(15)18(12)16)8-4-3-7(14)5-9(8)13/h3-6H,15-16H2,1-2H3. The van der Waals surface area contributed by atoms with Crippen LogP contribution in [0.4, 0.5) is 10.2 Å². The summed E-state index contributed by atoms with van der Waals surface area (Å²) < 4.78 is 14.3. The predicted molar refractivity (Wildman–Crippen MR) is 71.3 cm³/mol. The summed E-state index contributed by atoms with van der Waals surface area (Å²) in [6, 6.07) is 4.08. The Morgan fingerprint density at radius 3 is 2.56 bits per heavy atom. The van der Waals surface area contributed by atoms with E-state index in [-0.39, 0.29) is 10.9 Å². The third-order valence-electron chi connectivity index (χ3n) is 2.68. The summed E-state index contributed by atoms with van der Waals surface area (Å²) in [4.78, 5) is 4.38. The van der Waals surface area contributed by atoms with Crippen LogP contribution in [-0.2, 0) is 0 Å². The Hall–Kier alpha value is -1.75. The number of hydrogen-bond donors (Lipinski definition) is 2.